The van der Waals surface area contributed by atoms with Crippen LogP contribution in [0.25, 0.3) is 0 Å². The number of piperidine rings is 1. The van der Waals surface area contributed by atoms with Gasteiger partial charge in [0.05, 0.1) is 19.1 Å². The number of methoxy groups -OCH3 is 1. The third-order valence-corrected chi connectivity index (χ3v) is 5.22. The van der Waals surface area contributed by atoms with Gasteiger partial charge in [-0.1, -0.05) is 30.3 Å². The molecule has 2 atom stereocenters. The van der Waals surface area contributed by atoms with E-state index in [-0.39, 0.29) is 11.9 Å². The van der Waals surface area contributed by atoms with Crippen LogP contribution in [0.4, 0.5) is 0 Å². The third-order valence-electron chi connectivity index (χ3n) is 5.22. The minimum Gasteiger partial charge on any atom is -0.493 e. The summed E-state index contributed by atoms with van der Waals surface area (Å²) in [6.45, 7) is 0.612. The molecule has 0 aromatic heterocycles. The Labute approximate surface area is 152 Å². The highest BCUT2D eigenvalue weighted by Crippen LogP contribution is 2.49. The van der Waals surface area contributed by atoms with E-state index in [1.807, 2.05) is 42.5 Å². The van der Waals surface area contributed by atoms with Gasteiger partial charge in [-0.3, -0.25) is 4.79 Å². The van der Waals surface area contributed by atoms with Crippen molar-refractivity contribution in [2.24, 2.45) is 0 Å². The summed E-state index contributed by atoms with van der Waals surface area (Å²) in [6, 6.07) is 12.8. The topological polar surface area (TPSA) is 55.8 Å². The van der Waals surface area contributed by atoms with Crippen LogP contribution in [-0.2, 0) is 9.59 Å². The average Bonchev–Trinajstić information content (AvgIpc) is 2.71. The van der Waals surface area contributed by atoms with Gasteiger partial charge in [0.2, 0.25) is 5.91 Å². The van der Waals surface area contributed by atoms with E-state index in [9.17, 15) is 9.59 Å². The molecule has 0 spiro atoms. The molecule has 0 aliphatic carbocycles. The number of benzene rings is 2. The molecule has 2 aromatic carbocycles. The Bertz CT molecular complexity index is 848. The van der Waals surface area contributed by atoms with E-state index in [0.29, 0.717) is 23.8 Å². The van der Waals surface area contributed by atoms with Crippen molar-refractivity contribution < 1.29 is 19.1 Å². The summed E-state index contributed by atoms with van der Waals surface area (Å²) in [7, 11) is 1.59. The van der Waals surface area contributed by atoms with Gasteiger partial charge in [-0.25, -0.2) is 0 Å². The first kappa shape index (κ1) is 16.6. The van der Waals surface area contributed by atoms with Gasteiger partial charge in [-0.15, -0.1) is 0 Å². The van der Waals surface area contributed by atoms with E-state index in [2.05, 4.69) is 0 Å². The smallest absolute Gasteiger partial charge is 0.235 e. The molecule has 1 saturated heterocycles. The Morgan fingerprint density at radius 1 is 1.15 bits per heavy atom. The van der Waals surface area contributed by atoms with Crippen molar-refractivity contribution in [2.75, 3.05) is 13.7 Å². The Balaban J connectivity index is 1.83. The molecule has 26 heavy (non-hydrogen) atoms. The number of hydrogen-bond donors (Lipinski definition) is 0. The first-order chi connectivity index (χ1) is 12.7. The van der Waals surface area contributed by atoms with Crippen LogP contribution >= 0.6 is 0 Å². The zero-order valence-corrected chi connectivity index (χ0v) is 14.7. The molecule has 1 fully saturated rings. The minimum atomic E-state index is -0.495. The summed E-state index contributed by atoms with van der Waals surface area (Å²) in [4.78, 5) is 26.8. The van der Waals surface area contributed by atoms with Crippen molar-refractivity contribution in [1.82, 2.24) is 4.90 Å². The predicted octanol–water partition coefficient (Wildman–Crippen LogP) is 3.51. The standard InChI is InChI=1S/C21H21NO4/c1-25-18-11-6-9-16-19(15-8-2-3-10-17(15)26-20(16)18)21(24)22-12-5-4-7-14(22)13-23/h2-3,6,8-11,13-14,19H,4-5,7,12H2,1H3/t14-,19+/m0/s1. The largest absolute Gasteiger partial charge is 0.493 e. The molecule has 0 radical (unpaired) electrons. The first-order valence-corrected chi connectivity index (χ1v) is 8.94. The Hall–Kier alpha value is -2.82. The fraction of sp³-hybridized carbons (Fsp3) is 0.333. The maximum Gasteiger partial charge on any atom is 0.235 e. The number of fused-ring (bicyclic) bond motifs is 2. The number of amides is 1. The Morgan fingerprint density at radius 3 is 2.77 bits per heavy atom. The van der Waals surface area contributed by atoms with Gasteiger partial charge >= 0.3 is 0 Å². The number of aldehydes is 1. The van der Waals surface area contributed by atoms with Gasteiger partial charge in [-0.05, 0) is 31.4 Å². The maximum absolute atomic E-state index is 13.5. The van der Waals surface area contributed by atoms with E-state index < -0.39 is 5.92 Å². The van der Waals surface area contributed by atoms with Crippen molar-refractivity contribution in [3.8, 4) is 17.2 Å². The molecule has 0 bridgehead atoms. The number of carbonyl (C=O) groups is 2. The van der Waals surface area contributed by atoms with E-state index >= 15 is 0 Å². The number of ether oxygens (including phenoxy) is 2. The lowest BCUT2D eigenvalue weighted by Crippen LogP contribution is -2.47. The lowest BCUT2D eigenvalue weighted by molar-refractivity contribution is -0.138. The van der Waals surface area contributed by atoms with Crippen molar-refractivity contribution in [3.63, 3.8) is 0 Å². The average molecular weight is 351 g/mol. The second-order valence-electron chi connectivity index (χ2n) is 6.68. The van der Waals surface area contributed by atoms with Crippen LogP contribution in [0, 0.1) is 0 Å². The van der Waals surface area contributed by atoms with Crippen LogP contribution in [0.3, 0.4) is 0 Å². The number of hydrogen-bond acceptors (Lipinski definition) is 4. The van der Waals surface area contributed by atoms with E-state index in [4.69, 9.17) is 9.47 Å². The highest BCUT2D eigenvalue weighted by molar-refractivity contribution is 5.91. The first-order valence-electron chi connectivity index (χ1n) is 8.94. The zero-order valence-electron chi connectivity index (χ0n) is 14.7. The summed E-state index contributed by atoms with van der Waals surface area (Å²) in [5.41, 5.74) is 1.61. The van der Waals surface area contributed by atoms with Crippen molar-refractivity contribution in [3.05, 3.63) is 53.6 Å². The maximum atomic E-state index is 13.5. The predicted molar refractivity (Wildman–Crippen MR) is 96.8 cm³/mol. The molecule has 4 rings (SSSR count). The van der Waals surface area contributed by atoms with Gasteiger partial charge in [0.25, 0.3) is 0 Å². The second-order valence-corrected chi connectivity index (χ2v) is 6.68. The Kier molecular flexibility index (Phi) is 4.37. The van der Waals surface area contributed by atoms with Crippen molar-refractivity contribution >= 4 is 12.2 Å². The van der Waals surface area contributed by atoms with Gasteiger partial charge < -0.3 is 19.2 Å². The lowest BCUT2D eigenvalue weighted by atomic mass is 9.85. The molecular weight excluding hydrogens is 330 g/mol. The second kappa shape index (κ2) is 6.83. The van der Waals surface area contributed by atoms with E-state index in [1.165, 1.54) is 0 Å². The van der Waals surface area contributed by atoms with Crippen LogP contribution in [0.5, 0.6) is 17.2 Å². The molecule has 0 unspecified atom stereocenters. The van der Waals surface area contributed by atoms with Crippen LogP contribution in [0.1, 0.15) is 36.3 Å². The third kappa shape index (κ3) is 2.64. The molecule has 2 aliphatic rings. The number of para-hydroxylation sites is 2. The molecule has 2 aromatic rings. The molecule has 5 heteroatoms. The highest BCUT2D eigenvalue weighted by atomic mass is 16.5. The molecule has 134 valence electrons. The summed E-state index contributed by atoms with van der Waals surface area (Å²) < 4.78 is 11.5. The molecule has 0 saturated carbocycles. The molecule has 1 amide bonds. The normalized spacial score (nSPS) is 21.2. The summed E-state index contributed by atoms with van der Waals surface area (Å²) >= 11 is 0. The fourth-order valence-electron chi connectivity index (χ4n) is 3.92. The molecule has 0 N–H and O–H groups in total. The highest BCUT2D eigenvalue weighted by Gasteiger charge is 2.39. The Morgan fingerprint density at radius 2 is 1.96 bits per heavy atom. The van der Waals surface area contributed by atoms with Crippen molar-refractivity contribution in [2.45, 2.75) is 31.2 Å². The zero-order chi connectivity index (χ0) is 18.1. The monoisotopic (exact) mass is 351 g/mol. The van der Waals surface area contributed by atoms with Crippen LogP contribution in [-0.4, -0.2) is 36.8 Å². The molecule has 5 nitrogen and oxygen atoms in total. The van der Waals surface area contributed by atoms with Gasteiger partial charge in [-0.2, -0.15) is 0 Å². The minimum absolute atomic E-state index is 0.0490. The van der Waals surface area contributed by atoms with Gasteiger partial charge in [0, 0.05) is 17.7 Å². The number of carbonyl (C=O) groups excluding carboxylic acids is 2. The lowest BCUT2D eigenvalue weighted by Gasteiger charge is -2.37. The van der Waals surface area contributed by atoms with E-state index in [1.54, 1.807) is 12.0 Å². The number of rotatable bonds is 3. The number of likely N-dealkylation sites (tertiary alicyclic amines) is 1. The molecular formula is C21H21NO4. The molecule has 2 heterocycles. The van der Waals surface area contributed by atoms with Crippen LogP contribution < -0.4 is 9.47 Å². The van der Waals surface area contributed by atoms with E-state index in [0.717, 1.165) is 36.7 Å². The van der Waals surface area contributed by atoms with Crippen LogP contribution in [0.15, 0.2) is 42.5 Å². The summed E-state index contributed by atoms with van der Waals surface area (Å²) in [6.07, 6.45) is 3.52. The van der Waals surface area contributed by atoms with Crippen molar-refractivity contribution in [1.29, 1.82) is 0 Å². The van der Waals surface area contributed by atoms with Crippen LogP contribution in [0.2, 0.25) is 0 Å². The number of nitrogens with zero attached hydrogens (tertiary/aromatic N) is 1. The molecule has 2 aliphatic heterocycles. The summed E-state index contributed by atoms with van der Waals surface area (Å²) in [5.74, 6) is 1.28. The SMILES string of the molecule is COc1cccc2c1Oc1ccccc1[C@H]2C(=O)N1CCCC[C@H]1C=O. The quantitative estimate of drug-likeness (QED) is 0.794. The van der Waals surface area contributed by atoms with Gasteiger partial charge in [0.1, 0.15) is 12.0 Å². The fourth-order valence-corrected chi connectivity index (χ4v) is 3.92. The van der Waals surface area contributed by atoms with Gasteiger partial charge in [0.15, 0.2) is 11.5 Å². The summed E-state index contributed by atoms with van der Waals surface area (Å²) in [5, 5.41) is 0.